The molecule has 0 radical (unpaired) electrons. The van der Waals surface area contributed by atoms with Crippen LogP contribution in [0.25, 0.3) is 0 Å². The number of carboxylic acid groups (broad SMARTS) is 1. The second kappa shape index (κ2) is 7.23. The molecule has 0 aliphatic rings. The van der Waals surface area contributed by atoms with Gasteiger partial charge in [-0.15, -0.1) is 0 Å². The molecule has 0 saturated heterocycles. The monoisotopic (exact) mass is 216 g/mol. The summed E-state index contributed by atoms with van der Waals surface area (Å²) in [6, 6.07) is -0.637. The van der Waals surface area contributed by atoms with Gasteiger partial charge in [0.1, 0.15) is 6.04 Å². The van der Waals surface area contributed by atoms with Gasteiger partial charge in [0.25, 0.3) is 0 Å². The van der Waals surface area contributed by atoms with Crippen molar-refractivity contribution in [2.45, 2.75) is 32.7 Å². The van der Waals surface area contributed by atoms with Gasteiger partial charge >= 0.3 is 5.97 Å². The predicted octanol–water partition coefficient (Wildman–Crippen LogP) is 0.308. The Morgan fingerprint density at radius 1 is 1.47 bits per heavy atom. The van der Waals surface area contributed by atoms with Crippen molar-refractivity contribution in [3.63, 3.8) is 0 Å². The van der Waals surface area contributed by atoms with E-state index in [1.54, 1.807) is 14.0 Å². The highest BCUT2D eigenvalue weighted by molar-refractivity contribution is 5.79. The number of carbonyl (C=O) groups is 2. The largest absolute Gasteiger partial charge is 0.480 e. The number of unbranched alkanes of at least 4 members (excludes halogenated alkanes) is 1. The van der Waals surface area contributed by atoms with E-state index in [0.29, 0.717) is 6.54 Å². The van der Waals surface area contributed by atoms with Crippen molar-refractivity contribution in [1.29, 1.82) is 0 Å². The van der Waals surface area contributed by atoms with Crippen LogP contribution in [0.4, 0.5) is 0 Å². The summed E-state index contributed by atoms with van der Waals surface area (Å²) in [5.41, 5.74) is 0. The first-order chi connectivity index (χ1) is 6.99. The zero-order valence-electron chi connectivity index (χ0n) is 9.62. The Kier molecular flexibility index (Phi) is 6.70. The smallest absolute Gasteiger partial charge is 0.320 e. The summed E-state index contributed by atoms with van der Waals surface area (Å²) in [7, 11) is 1.62. The number of likely N-dealkylation sites (N-methyl/N-ethyl adjacent to an activating group) is 1. The Balaban J connectivity index is 3.80. The highest BCUT2D eigenvalue weighted by Gasteiger charge is 2.18. The van der Waals surface area contributed by atoms with Crippen molar-refractivity contribution in [1.82, 2.24) is 10.2 Å². The SMILES string of the molecule is CCCCNC(=O)CN(C)C(C)C(=O)O. The molecule has 88 valence electrons. The first-order valence-electron chi connectivity index (χ1n) is 5.18. The Morgan fingerprint density at radius 2 is 2.07 bits per heavy atom. The van der Waals surface area contributed by atoms with Gasteiger partial charge in [0.15, 0.2) is 0 Å². The lowest BCUT2D eigenvalue weighted by Crippen LogP contribution is -2.42. The molecule has 0 heterocycles. The molecule has 5 nitrogen and oxygen atoms in total. The number of amides is 1. The molecule has 0 aromatic rings. The number of nitrogens with one attached hydrogen (secondary N) is 1. The van der Waals surface area contributed by atoms with Gasteiger partial charge in [0, 0.05) is 6.54 Å². The van der Waals surface area contributed by atoms with Gasteiger partial charge in [-0.3, -0.25) is 14.5 Å². The third-order valence-electron chi connectivity index (χ3n) is 2.26. The quantitative estimate of drug-likeness (QED) is 0.601. The number of carbonyl (C=O) groups excluding carboxylic acids is 1. The Bertz CT molecular complexity index is 219. The van der Waals surface area contributed by atoms with Crippen LogP contribution >= 0.6 is 0 Å². The van der Waals surface area contributed by atoms with Crippen LogP contribution in [0.2, 0.25) is 0 Å². The Labute approximate surface area is 90.5 Å². The molecule has 0 aromatic carbocycles. The van der Waals surface area contributed by atoms with E-state index in [-0.39, 0.29) is 12.5 Å². The topological polar surface area (TPSA) is 69.6 Å². The minimum atomic E-state index is -0.918. The average molecular weight is 216 g/mol. The number of rotatable bonds is 7. The van der Waals surface area contributed by atoms with Gasteiger partial charge < -0.3 is 10.4 Å². The van der Waals surface area contributed by atoms with Crippen LogP contribution in [0.15, 0.2) is 0 Å². The molecule has 1 unspecified atom stereocenters. The first-order valence-corrected chi connectivity index (χ1v) is 5.18. The summed E-state index contributed by atoms with van der Waals surface area (Å²) in [6.45, 7) is 4.38. The van der Waals surface area contributed by atoms with E-state index in [2.05, 4.69) is 5.32 Å². The zero-order chi connectivity index (χ0) is 11.8. The molecule has 0 spiro atoms. The standard InChI is InChI=1S/C10H20N2O3/c1-4-5-6-11-9(13)7-12(3)8(2)10(14)15/h8H,4-7H2,1-3H3,(H,11,13)(H,14,15). The van der Waals surface area contributed by atoms with Gasteiger partial charge in [-0.25, -0.2) is 0 Å². The third kappa shape index (κ3) is 6.06. The van der Waals surface area contributed by atoms with Gasteiger partial charge in [-0.2, -0.15) is 0 Å². The normalized spacial score (nSPS) is 12.5. The van der Waals surface area contributed by atoms with Crippen LogP contribution in [0.1, 0.15) is 26.7 Å². The fourth-order valence-corrected chi connectivity index (χ4v) is 1.01. The molecule has 5 heteroatoms. The second-order valence-corrected chi connectivity index (χ2v) is 3.63. The summed E-state index contributed by atoms with van der Waals surface area (Å²) in [5, 5.41) is 11.4. The number of hydrogen-bond acceptors (Lipinski definition) is 3. The maximum atomic E-state index is 11.3. The molecule has 0 aromatic heterocycles. The Morgan fingerprint density at radius 3 is 2.53 bits per heavy atom. The van der Waals surface area contributed by atoms with Gasteiger partial charge in [-0.05, 0) is 20.4 Å². The second-order valence-electron chi connectivity index (χ2n) is 3.63. The summed E-state index contributed by atoms with van der Waals surface area (Å²) in [6.07, 6.45) is 1.98. The zero-order valence-corrected chi connectivity index (χ0v) is 9.62. The molecule has 0 bridgehead atoms. The number of aliphatic carboxylic acids is 1. The molecule has 0 fully saturated rings. The first kappa shape index (κ1) is 13.9. The van der Waals surface area contributed by atoms with Crippen molar-refractivity contribution in [3.05, 3.63) is 0 Å². The lowest BCUT2D eigenvalue weighted by atomic mass is 10.3. The lowest BCUT2D eigenvalue weighted by molar-refractivity contribution is -0.142. The molecule has 1 amide bonds. The molecule has 1 atom stereocenters. The van der Waals surface area contributed by atoms with E-state index in [4.69, 9.17) is 5.11 Å². The number of hydrogen-bond donors (Lipinski definition) is 2. The number of nitrogens with zero attached hydrogens (tertiary/aromatic N) is 1. The van der Waals surface area contributed by atoms with E-state index in [1.807, 2.05) is 6.92 Å². The van der Waals surface area contributed by atoms with E-state index < -0.39 is 12.0 Å². The van der Waals surface area contributed by atoms with E-state index >= 15 is 0 Å². The predicted molar refractivity (Wildman–Crippen MR) is 57.6 cm³/mol. The van der Waals surface area contributed by atoms with E-state index in [9.17, 15) is 9.59 Å². The maximum Gasteiger partial charge on any atom is 0.320 e. The highest BCUT2D eigenvalue weighted by Crippen LogP contribution is 1.94. The molecule has 2 N–H and O–H groups in total. The summed E-state index contributed by atoms with van der Waals surface area (Å²) in [4.78, 5) is 23.4. The fourth-order valence-electron chi connectivity index (χ4n) is 1.01. The molecule has 0 aliphatic carbocycles. The van der Waals surface area contributed by atoms with E-state index in [0.717, 1.165) is 12.8 Å². The van der Waals surface area contributed by atoms with Crippen molar-refractivity contribution in [2.24, 2.45) is 0 Å². The van der Waals surface area contributed by atoms with E-state index in [1.165, 1.54) is 4.90 Å². The van der Waals surface area contributed by atoms with Crippen molar-refractivity contribution < 1.29 is 14.7 Å². The minimum Gasteiger partial charge on any atom is -0.480 e. The molecule has 15 heavy (non-hydrogen) atoms. The van der Waals surface area contributed by atoms with Gasteiger partial charge in [-0.1, -0.05) is 13.3 Å². The minimum absolute atomic E-state index is 0.122. The summed E-state index contributed by atoms with van der Waals surface area (Å²) in [5.74, 6) is -1.04. The van der Waals surface area contributed by atoms with Crippen molar-refractivity contribution >= 4 is 11.9 Å². The number of carboxylic acids is 1. The van der Waals surface area contributed by atoms with Crippen molar-refractivity contribution in [2.75, 3.05) is 20.1 Å². The van der Waals surface area contributed by atoms with Gasteiger partial charge in [0.2, 0.25) is 5.91 Å². The molecule has 0 rings (SSSR count). The summed E-state index contributed by atoms with van der Waals surface area (Å²) < 4.78 is 0. The van der Waals surface area contributed by atoms with Crippen molar-refractivity contribution in [3.8, 4) is 0 Å². The van der Waals surface area contributed by atoms with Gasteiger partial charge in [0.05, 0.1) is 6.54 Å². The maximum absolute atomic E-state index is 11.3. The lowest BCUT2D eigenvalue weighted by Gasteiger charge is -2.20. The molecule has 0 aliphatic heterocycles. The van der Waals surface area contributed by atoms with Crippen LogP contribution in [-0.2, 0) is 9.59 Å². The van der Waals surface area contributed by atoms with Crippen LogP contribution < -0.4 is 5.32 Å². The summed E-state index contributed by atoms with van der Waals surface area (Å²) >= 11 is 0. The molecular weight excluding hydrogens is 196 g/mol. The molecular formula is C10H20N2O3. The van der Waals surface area contributed by atoms with Crippen LogP contribution in [0.3, 0.4) is 0 Å². The molecule has 0 saturated carbocycles. The third-order valence-corrected chi connectivity index (χ3v) is 2.26. The average Bonchev–Trinajstić information content (AvgIpc) is 2.16. The van der Waals surface area contributed by atoms with Crippen LogP contribution in [0, 0.1) is 0 Å². The van der Waals surface area contributed by atoms with Crippen LogP contribution in [-0.4, -0.2) is 48.1 Å². The van der Waals surface area contributed by atoms with Crippen LogP contribution in [0.5, 0.6) is 0 Å². The fraction of sp³-hybridized carbons (Fsp3) is 0.800. The Hall–Kier alpha value is -1.10. The highest BCUT2D eigenvalue weighted by atomic mass is 16.4.